The van der Waals surface area contributed by atoms with Gasteiger partial charge in [0.15, 0.2) is 0 Å². The minimum atomic E-state index is -4.47. The summed E-state index contributed by atoms with van der Waals surface area (Å²) < 4.78 is 40.2. The average molecular weight is 731 g/mol. The second-order valence-electron chi connectivity index (χ2n) is 12.2. The van der Waals surface area contributed by atoms with E-state index >= 15 is 0 Å². The van der Waals surface area contributed by atoms with Gasteiger partial charge < -0.3 is 9.80 Å². The second kappa shape index (κ2) is 17.4. The molecule has 5 rings (SSSR count). The number of amides is 2. The first-order chi connectivity index (χ1) is 24.5. The predicted molar refractivity (Wildman–Crippen MR) is 198 cm³/mol. The van der Waals surface area contributed by atoms with Gasteiger partial charge in [-0.2, -0.15) is 13.2 Å². The van der Waals surface area contributed by atoms with Gasteiger partial charge in [-0.25, -0.2) is 0 Å². The van der Waals surface area contributed by atoms with Crippen molar-refractivity contribution in [3.05, 3.63) is 153 Å². The van der Waals surface area contributed by atoms with E-state index in [1.54, 1.807) is 23.0 Å². The fourth-order valence-electron chi connectivity index (χ4n) is 5.53. The standard InChI is InChI=1S/C40H38ClF3N4O2S/c1-46(28-34-20-21-37(41)51-34)24-25-47(2)39(50)36(26-30-8-4-3-5-9-30)48(27-31-11-16-32(17-12-31)35-10-6-7-23-45-35)38(49)22-15-29-13-18-33(19-14-29)40(42,43)44/h3-23,36H,24-28H2,1-2H3/t36-/m0/s1. The average Bonchev–Trinajstić information content (AvgIpc) is 3.55. The molecule has 0 saturated carbocycles. The number of carbonyl (C=O) groups is 2. The molecule has 2 amide bonds. The van der Waals surface area contributed by atoms with Gasteiger partial charge in [-0.3, -0.25) is 19.5 Å². The molecule has 264 valence electrons. The van der Waals surface area contributed by atoms with Crippen LogP contribution in [0.2, 0.25) is 4.34 Å². The highest BCUT2D eigenvalue weighted by molar-refractivity contribution is 7.16. The van der Waals surface area contributed by atoms with Gasteiger partial charge in [-0.1, -0.05) is 84.4 Å². The summed E-state index contributed by atoms with van der Waals surface area (Å²) in [5, 5.41) is 0. The van der Waals surface area contributed by atoms with Crippen molar-refractivity contribution in [2.45, 2.75) is 31.7 Å². The smallest absolute Gasteiger partial charge is 0.343 e. The summed E-state index contributed by atoms with van der Waals surface area (Å²) in [6, 6.07) is 30.4. The largest absolute Gasteiger partial charge is 0.416 e. The highest BCUT2D eigenvalue weighted by Gasteiger charge is 2.32. The van der Waals surface area contributed by atoms with E-state index in [9.17, 15) is 22.8 Å². The van der Waals surface area contributed by atoms with E-state index in [1.165, 1.54) is 35.6 Å². The normalized spacial score (nSPS) is 12.3. The van der Waals surface area contributed by atoms with Crippen LogP contribution < -0.4 is 0 Å². The van der Waals surface area contributed by atoms with Gasteiger partial charge in [0.2, 0.25) is 11.8 Å². The van der Waals surface area contributed by atoms with E-state index in [4.69, 9.17) is 11.6 Å². The van der Waals surface area contributed by atoms with Gasteiger partial charge in [-0.15, -0.1) is 11.3 Å². The molecule has 0 aliphatic carbocycles. The van der Waals surface area contributed by atoms with Crippen molar-refractivity contribution in [2.75, 3.05) is 27.2 Å². The quantitative estimate of drug-likeness (QED) is 0.107. The van der Waals surface area contributed by atoms with Gasteiger partial charge >= 0.3 is 6.18 Å². The lowest BCUT2D eigenvalue weighted by molar-refractivity contribution is -0.143. The van der Waals surface area contributed by atoms with E-state index in [1.807, 2.05) is 92.0 Å². The summed E-state index contributed by atoms with van der Waals surface area (Å²) in [7, 11) is 3.71. The Morgan fingerprint density at radius 3 is 2.16 bits per heavy atom. The molecular weight excluding hydrogens is 693 g/mol. The molecule has 2 heterocycles. The molecule has 0 bridgehead atoms. The molecule has 0 aliphatic rings. The Labute approximate surface area is 305 Å². The van der Waals surface area contributed by atoms with Crippen LogP contribution in [0.3, 0.4) is 0 Å². The van der Waals surface area contributed by atoms with Crippen molar-refractivity contribution < 1.29 is 22.8 Å². The molecule has 3 aromatic carbocycles. The number of halogens is 4. The van der Waals surface area contributed by atoms with E-state index in [-0.39, 0.29) is 18.9 Å². The number of alkyl halides is 3. The zero-order valence-electron chi connectivity index (χ0n) is 28.3. The molecule has 0 fully saturated rings. The number of pyridine rings is 1. The van der Waals surface area contributed by atoms with Crippen molar-refractivity contribution in [3.8, 4) is 11.3 Å². The van der Waals surface area contributed by atoms with Crippen molar-refractivity contribution >= 4 is 40.8 Å². The molecule has 0 aliphatic heterocycles. The molecule has 1 atom stereocenters. The summed E-state index contributed by atoms with van der Waals surface area (Å²) in [6.07, 6.45) is 0.303. The highest BCUT2D eigenvalue weighted by atomic mass is 35.5. The first kappa shape index (κ1) is 37.5. The van der Waals surface area contributed by atoms with Crippen molar-refractivity contribution in [3.63, 3.8) is 0 Å². The van der Waals surface area contributed by atoms with Gasteiger partial charge in [-0.05, 0) is 66.2 Å². The minimum Gasteiger partial charge on any atom is -0.343 e. The van der Waals surface area contributed by atoms with Gasteiger partial charge in [0.05, 0.1) is 15.6 Å². The first-order valence-corrected chi connectivity index (χ1v) is 17.5. The zero-order chi connectivity index (χ0) is 36.4. The number of carbonyl (C=O) groups excluding carboxylic acids is 2. The maximum absolute atomic E-state index is 14.4. The summed E-state index contributed by atoms with van der Waals surface area (Å²) in [4.78, 5) is 39.3. The Bertz CT molecular complexity index is 1900. The molecule has 11 heteroatoms. The van der Waals surface area contributed by atoms with Crippen LogP contribution in [-0.4, -0.2) is 64.7 Å². The first-order valence-electron chi connectivity index (χ1n) is 16.3. The fourth-order valence-corrected chi connectivity index (χ4v) is 6.70. The van der Waals surface area contributed by atoms with Gasteiger partial charge in [0.25, 0.3) is 0 Å². The topological polar surface area (TPSA) is 56.8 Å². The van der Waals surface area contributed by atoms with Crippen LogP contribution in [0.15, 0.2) is 121 Å². The number of likely N-dealkylation sites (N-methyl/N-ethyl adjacent to an activating group) is 2. The number of rotatable bonds is 14. The molecule has 5 aromatic rings. The minimum absolute atomic E-state index is 0.120. The van der Waals surface area contributed by atoms with Gasteiger partial charge in [0.1, 0.15) is 6.04 Å². The number of hydrogen-bond donors (Lipinski definition) is 0. The van der Waals surface area contributed by atoms with Crippen LogP contribution in [-0.2, 0) is 35.3 Å². The van der Waals surface area contributed by atoms with E-state index < -0.39 is 23.7 Å². The summed E-state index contributed by atoms with van der Waals surface area (Å²) in [6.45, 7) is 1.81. The Morgan fingerprint density at radius 2 is 1.53 bits per heavy atom. The second-order valence-corrected chi connectivity index (χ2v) is 14.0. The molecule has 2 aromatic heterocycles. The van der Waals surface area contributed by atoms with Crippen LogP contribution in [0.4, 0.5) is 13.2 Å². The summed E-state index contributed by atoms with van der Waals surface area (Å²) >= 11 is 7.62. The molecule has 0 spiro atoms. The van der Waals surface area contributed by atoms with Crippen molar-refractivity contribution in [2.24, 2.45) is 0 Å². The number of aromatic nitrogens is 1. The Kier molecular flexibility index (Phi) is 12.8. The Hall–Kier alpha value is -4.77. The van der Waals surface area contributed by atoms with Crippen LogP contribution in [0.1, 0.15) is 27.1 Å². The number of hydrogen-bond acceptors (Lipinski definition) is 5. The third-order valence-electron chi connectivity index (χ3n) is 8.39. The molecule has 0 N–H and O–H groups in total. The number of thiophene rings is 1. The highest BCUT2D eigenvalue weighted by Crippen LogP contribution is 2.29. The van der Waals surface area contributed by atoms with E-state index in [0.717, 1.165) is 43.7 Å². The van der Waals surface area contributed by atoms with Crippen LogP contribution in [0, 0.1) is 0 Å². The molecule has 0 radical (unpaired) electrons. The summed E-state index contributed by atoms with van der Waals surface area (Å²) in [5.74, 6) is -0.675. The zero-order valence-corrected chi connectivity index (χ0v) is 29.8. The maximum atomic E-state index is 14.4. The van der Waals surface area contributed by atoms with E-state index in [2.05, 4.69) is 9.88 Å². The molecule has 0 saturated heterocycles. The van der Waals surface area contributed by atoms with E-state index in [0.29, 0.717) is 25.2 Å². The van der Waals surface area contributed by atoms with Crippen molar-refractivity contribution in [1.82, 2.24) is 19.7 Å². The molecule has 6 nitrogen and oxygen atoms in total. The lowest BCUT2D eigenvalue weighted by Gasteiger charge is -2.34. The Balaban J connectivity index is 1.42. The van der Waals surface area contributed by atoms with Crippen molar-refractivity contribution in [1.29, 1.82) is 0 Å². The molecule has 0 unspecified atom stereocenters. The molecule has 51 heavy (non-hydrogen) atoms. The lowest BCUT2D eigenvalue weighted by atomic mass is 10.0. The maximum Gasteiger partial charge on any atom is 0.416 e. The van der Waals surface area contributed by atoms with Crippen LogP contribution in [0.5, 0.6) is 0 Å². The van der Waals surface area contributed by atoms with Crippen LogP contribution >= 0.6 is 22.9 Å². The Morgan fingerprint density at radius 1 is 0.824 bits per heavy atom. The predicted octanol–water partition coefficient (Wildman–Crippen LogP) is 8.73. The summed E-state index contributed by atoms with van der Waals surface area (Å²) in [5.41, 5.74) is 3.05. The lowest BCUT2D eigenvalue weighted by Crippen LogP contribution is -2.51. The number of nitrogens with zero attached hydrogens (tertiary/aromatic N) is 4. The third kappa shape index (κ3) is 10.9. The monoisotopic (exact) mass is 730 g/mol. The molecular formula is C40H38ClF3N4O2S. The number of benzene rings is 3. The van der Waals surface area contributed by atoms with Crippen LogP contribution in [0.25, 0.3) is 17.3 Å². The third-order valence-corrected chi connectivity index (χ3v) is 9.60. The SMILES string of the molecule is CN(CCN(C)C(=O)[C@H](Cc1ccccc1)N(Cc1ccc(-c2ccccn2)cc1)C(=O)C=Cc1ccc(C(F)(F)F)cc1)Cc1ccc(Cl)s1. The van der Waals surface area contributed by atoms with Gasteiger partial charge in [0, 0.05) is 62.4 Å². The fraction of sp³-hybridized carbons (Fsp3) is 0.225.